The summed E-state index contributed by atoms with van der Waals surface area (Å²) in [4.78, 5) is 4.10. The van der Waals surface area contributed by atoms with E-state index >= 15 is 0 Å². The molecule has 1 fully saturated rings. The van der Waals surface area contributed by atoms with Crippen LogP contribution in [0, 0.1) is 0 Å². The lowest BCUT2D eigenvalue weighted by Crippen LogP contribution is -2.31. The highest BCUT2D eigenvalue weighted by atomic mass is 16.5. The van der Waals surface area contributed by atoms with Crippen LogP contribution in [0.5, 0.6) is 0 Å². The molecule has 0 spiro atoms. The molecule has 0 unspecified atom stereocenters. The Kier molecular flexibility index (Phi) is 2.27. The van der Waals surface area contributed by atoms with Crippen molar-refractivity contribution in [1.82, 2.24) is 0 Å². The topological polar surface area (TPSA) is 47.6 Å². The normalized spacial score (nSPS) is 21.3. The van der Waals surface area contributed by atoms with E-state index in [4.69, 9.17) is 10.5 Å². The van der Waals surface area contributed by atoms with Crippen molar-refractivity contribution in [3.63, 3.8) is 0 Å². The standard InChI is InChI=1S/C6H10N2O/c7-2-1-3-8-6-4-9-5-6/h1-3,6H,4-5,7H2. The third-order valence-corrected chi connectivity index (χ3v) is 1.11. The molecular formula is C6H10N2O. The molecule has 2 N–H and O–H groups in total. The fourth-order valence-electron chi connectivity index (χ4n) is 0.530. The molecule has 0 radical (unpaired) electrons. The van der Waals surface area contributed by atoms with E-state index in [1.807, 2.05) is 0 Å². The van der Waals surface area contributed by atoms with E-state index in [2.05, 4.69) is 4.99 Å². The van der Waals surface area contributed by atoms with E-state index < -0.39 is 0 Å². The molecule has 0 bridgehead atoms. The lowest BCUT2D eigenvalue weighted by atomic mass is 10.3. The maximum Gasteiger partial charge on any atom is 0.0965 e. The quantitative estimate of drug-likeness (QED) is 0.526. The van der Waals surface area contributed by atoms with Crippen LogP contribution in [0.2, 0.25) is 0 Å². The zero-order valence-electron chi connectivity index (χ0n) is 5.16. The van der Waals surface area contributed by atoms with Crippen molar-refractivity contribution in [3.05, 3.63) is 12.3 Å². The molecule has 1 rings (SSSR count). The van der Waals surface area contributed by atoms with Crippen molar-refractivity contribution >= 4 is 6.21 Å². The van der Waals surface area contributed by atoms with Gasteiger partial charge < -0.3 is 10.5 Å². The molecule has 50 valence electrons. The molecule has 9 heavy (non-hydrogen) atoms. The summed E-state index contributed by atoms with van der Waals surface area (Å²) in [6.07, 6.45) is 4.87. The van der Waals surface area contributed by atoms with E-state index in [1.54, 1.807) is 12.3 Å². The summed E-state index contributed by atoms with van der Waals surface area (Å²) in [5, 5.41) is 0. The van der Waals surface area contributed by atoms with Gasteiger partial charge in [-0.05, 0) is 12.3 Å². The van der Waals surface area contributed by atoms with Crippen LogP contribution in [0.25, 0.3) is 0 Å². The van der Waals surface area contributed by atoms with Crippen LogP contribution in [0.15, 0.2) is 17.3 Å². The predicted octanol–water partition coefficient (Wildman–Crippen LogP) is -0.0716. The second-order valence-corrected chi connectivity index (χ2v) is 1.87. The Balaban J connectivity index is 2.14. The lowest BCUT2D eigenvalue weighted by Gasteiger charge is -2.21. The molecule has 1 aliphatic heterocycles. The number of nitrogens with two attached hydrogens (primary N) is 1. The predicted molar refractivity (Wildman–Crippen MR) is 36.4 cm³/mol. The minimum Gasteiger partial charge on any atom is -0.405 e. The maximum atomic E-state index is 5.07. The molecule has 1 heterocycles. The van der Waals surface area contributed by atoms with E-state index in [0.717, 1.165) is 13.2 Å². The van der Waals surface area contributed by atoms with Gasteiger partial charge in [-0.1, -0.05) is 0 Å². The van der Waals surface area contributed by atoms with Crippen LogP contribution < -0.4 is 5.73 Å². The molecule has 0 aromatic rings. The van der Waals surface area contributed by atoms with Gasteiger partial charge in [0.1, 0.15) is 0 Å². The number of hydrogen-bond acceptors (Lipinski definition) is 3. The third kappa shape index (κ3) is 1.85. The average molecular weight is 126 g/mol. The first-order chi connectivity index (χ1) is 4.43. The van der Waals surface area contributed by atoms with Crippen molar-refractivity contribution in [2.75, 3.05) is 13.2 Å². The highest BCUT2D eigenvalue weighted by Gasteiger charge is 2.14. The fourth-order valence-corrected chi connectivity index (χ4v) is 0.530. The number of ether oxygens (including phenoxy) is 1. The van der Waals surface area contributed by atoms with Crippen LogP contribution >= 0.6 is 0 Å². The number of rotatable bonds is 2. The number of hydrogen-bond donors (Lipinski definition) is 1. The average Bonchev–Trinajstić information content (AvgIpc) is 1.76. The Bertz CT molecular complexity index is 127. The van der Waals surface area contributed by atoms with Gasteiger partial charge in [0.2, 0.25) is 0 Å². The zero-order chi connectivity index (χ0) is 6.53. The van der Waals surface area contributed by atoms with Crippen molar-refractivity contribution in [1.29, 1.82) is 0 Å². The molecule has 0 atom stereocenters. The van der Waals surface area contributed by atoms with Gasteiger partial charge >= 0.3 is 0 Å². The van der Waals surface area contributed by atoms with E-state index in [1.165, 1.54) is 6.20 Å². The Morgan fingerprint density at radius 1 is 1.56 bits per heavy atom. The number of nitrogens with zero attached hydrogens (tertiary/aromatic N) is 1. The van der Waals surface area contributed by atoms with E-state index in [9.17, 15) is 0 Å². The monoisotopic (exact) mass is 126 g/mol. The highest BCUT2D eigenvalue weighted by molar-refractivity contribution is 5.70. The molecule has 0 aromatic carbocycles. The van der Waals surface area contributed by atoms with Gasteiger partial charge in [0.15, 0.2) is 0 Å². The summed E-state index contributed by atoms with van der Waals surface area (Å²) >= 11 is 0. The van der Waals surface area contributed by atoms with Crippen LogP contribution in [-0.2, 0) is 4.74 Å². The van der Waals surface area contributed by atoms with Gasteiger partial charge in [-0.3, -0.25) is 4.99 Å². The zero-order valence-corrected chi connectivity index (χ0v) is 5.16. The van der Waals surface area contributed by atoms with Crippen LogP contribution in [0.3, 0.4) is 0 Å². The molecule has 0 aromatic heterocycles. The highest BCUT2D eigenvalue weighted by Crippen LogP contribution is 2.03. The van der Waals surface area contributed by atoms with Gasteiger partial charge in [0.25, 0.3) is 0 Å². The van der Waals surface area contributed by atoms with Crippen molar-refractivity contribution < 1.29 is 4.74 Å². The largest absolute Gasteiger partial charge is 0.405 e. The number of allylic oxidation sites excluding steroid dienone is 1. The number of aliphatic imine (C=N–C) groups is 1. The van der Waals surface area contributed by atoms with Gasteiger partial charge in [-0.25, -0.2) is 0 Å². The van der Waals surface area contributed by atoms with Crippen LogP contribution in [0.1, 0.15) is 0 Å². The minimum absolute atomic E-state index is 0.376. The van der Waals surface area contributed by atoms with E-state index in [0.29, 0.717) is 6.04 Å². The Morgan fingerprint density at radius 2 is 2.33 bits per heavy atom. The summed E-state index contributed by atoms with van der Waals surface area (Å²) in [5.74, 6) is 0. The third-order valence-electron chi connectivity index (χ3n) is 1.11. The molecule has 3 heteroatoms. The lowest BCUT2D eigenvalue weighted by molar-refractivity contribution is 0.0135. The molecular weight excluding hydrogens is 116 g/mol. The SMILES string of the molecule is NC=CC=NC1COC1. The van der Waals surface area contributed by atoms with Gasteiger partial charge in [0.05, 0.1) is 19.3 Å². The summed E-state index contributed by atoms with van der Waals surface area (Å²) in [5.41, 5.74) is 5.07. The maximum absolute atomic E-state index is 5.07. The summed E-state index contributed by atoms with van der Waals surface area (Å²) < 4.78 is 4.90. The first-order valence-corrected chi connectivity index (χ1v) is 2.91. The molecule has 1 aliphatic rings. The Morgan fingerprint density at radius 3 is 2.78 bits per heavy atom. The molecule has 0 aliphatic carbocycles. The molecule has 0 saturated carbocycles. The molecule has 0 amide bonds. The summed E-state index contributed by atoms with van der Waals surface area (Å²) in [6.45, 7) is 1.52. The van der Waals surface area contributed by atoms with E-state index in [-0.39, 0.29) is 0 Å². The van der Waals surface area contributed by atoms with Crippen molar-refractivity contribution in [2.24, 2.45) is 10.7 Å². The molecule has 3 nitrogen and oxygen atoms in total. The first kappa shape index (κ1) is 6.29. The Labute approximate surface area is 54.2 Å². The van der Waals surface area contributed by atoms with Crippen molar-refractivity contribution in [3.8, 4) is 0 Å². The van der Waals surface area contributed by atoms with Crippen LogP contribution in [-0.4, -0.2) is 25.5 Å². The van der Waals surface area contributed by atoms with Gasteiger partial charge in [0, 0.05) is 6.21 Å². The van der Waals surface area contributed by atoms with Crippen molar-refractivity contribution in [2.45, 2.75) is 6.04 Å². The smallest absolute Gasteiger partial charge is 0.0965 e. The molecule has 1 saturated heterocycles. The summed E-state index contributed by atoms with van der Waals surface area (Å²) in [7, 11) is 0. The van der Waals surface area contributed by atoms with Gasteiger partial charge in [-0.2, -0.15) is 0 Å². The minimum atomic E-state index is 0.376. The fraction of sp³-hybridized carbons (Fsp3) is 0.500. The van der Waals surface area contributed by atoms with Gasteiger partial charge in [-0.15, -0.1) is 0 Å². The second kappa shape index (κ2) is 3.25. The summed E-state index contributed by atoms with van der Waals surface area (Å²) in [6, 6.07) is 0.376. The van der Waals surface area contributed by atoms with Crippen LogP contribution in [0.4, 0.5) is 0 Å². The Hall–Kier alpha value is -0.830. The second-order valence-electron chi connectivity index (χ2n) is 1.87. The first-order valence-electron chi connectivity index (χ1n) is 2.91.